The first kappa shape index (κ1) is 27.7. The van der Waals surface area contributed by atoms with Crippen molar-refractivity contribution in [2.75, 3.05) is 56.6 Å². The second-order valence-electron chi connectivity index (χ2n) is 9.87. The molecule has 5 rings (SSSR count). The van der Waals surface area contributed by atoms with Gasteiger partial charge in [-0.15, -0.1) is 0 Å². The monoisotopic (exact) mass is 605 g/mol. The minimum absolute atomic E-state index is 0.193. The van der Waals surface area contributed by atoms with Crippen LogP contribution in [0.1, 0.15) is 23.7 Å². The predicted molar refractivity (Wildman–Crippen MR) is 160 cm³/mol. The van der Waals surface area contributed by atoms with Crippen LogP contribution in [0.3, 0.4) is 0 Å². The molecule has 10 nitrogen and oxygen atoms in total. The number of pyridine rings is 1. The SMILES string of the molecule is COc1ccc(C(O)CNc2cc[nH]c(=O)c2-c2nc3c(C)cc(N4CCN(CCC#N)CC4)cc3[nH]2)cc1Br. The Kier molecular flexibility index (Phi) is 8.40. The number of aryl methyl sites for hydroxylation is 1. The Labute approximate surface area is 240 Å². The van der Waals surface area contributed by atoms with E-state index in [4.69, 9.17) is 15.0 Å². The van der Waals surface area contributed by atoms with Crippen LogP contribution in [0.25, 0.3) is 22.4 Å². The highest BCUT2D eigenvalue weighted by atomic mass is 79.9. The van der Waals surface area contributed by atoms with E-state index in [1.807, 2.05) is 13.0 Å². The molecule has 0 saturated carbocycles. The van der Waals surface area contributed by atoms with Gasteiger partial charge in [0, 0.05) is 57.6 Å². The third-order valence-electron chi connectivity index (χ3n) is 7.28. The number of anilines is 2. The van der Waals surface area contributed by atoms with Crippen LogP contribution in [0, 0.1) is 18.3 Å². The highest BCUT2D eigenvalue weighted by Gasteiger charge is 2.20. The summed E-state index contributed by atoms with van der Waals surface area (Å²) in [6.45, 7) is 6.63. The molecule has 2 aromatic carbocycles. The first-order valence-corrected chi connectivity index (χ1v) is 14.0. The van der Waals surface area contributed by atoms with Gasteiger partial charge in [-0.25, -0.2) is 4.98 Å². The van der Waals surface area contributed by atoms with E-state index in [0.29, 0.717) is 34.8 Å². The maximum absolute atomic E-state index is 13.0. The molecule has 0 spiro atoms. The summed E-state index contributed by atoms with van der Waals surface area (Å²) in [6.07, 6.45) is 1.32. The molecule has 1 fully saturated rings. The smallest absolute Gasteiger partial charge is 0.261 e. The molecule has 3 heterocycles. The molecule has 4 aromatic rings. The van der Waals surface area contributed by atoms with Crippen LogP contribution >= 0.6 is 15.9 Å². The zero-order chi connectivity index (χ0) is 28.2. The van der Waals surface area contributed by atoms with Crippen molar-refractivity contribution >= 4 is 38.3 Å². The third-order valence-corrected chi connectivity index (χ3v) is 7.90. The lowest BCUT2D eigenvalue weighted by atomic mass is 10.1. The van der Waals surface area contributed by atoms with E-state index in [1.165, 1.54) is 0 Å². The Balaban J connectivity index is 1.37. The molecule has 2 aromatic heterocycles. The first-order chi connectivity index (χ1) is 19.4. The average Bonchev–Trinajstić information content (AvgIpc) is 3.39. The second kappa shape index (κ2) is 12.1. The van der Waals surface area contributed by atoms with Gasteiger partial charge in [-0.1, -0.05) is 6.07 Å². The van der Waals surface area contributed by atoms with E-state index in [1.54, 1.807) is 31.5 Å². The number of hydrogen-bond acceptors (Lipinski definition) is 8. The van der Waals surface area contributed by atoms with Gasteiger partial charge in [0.25, 0.3) is 5.56 Å². The number of halogens is 1. The van der Waals surface area contributed by atoms with E-state index in [-0.39, 0.29) is 12.1 Å². The minimum Gasteiger partial charge on any atom is -0.496 e. The number of nitrogens with zero attached hydrogens (tertiary/aromatic N) is 4. The van der Waals surface area contributed by atoms with Gasteiger partial charge in [-0.3, -0.25) is 9.69 Å². The molecule has 1 unspecified atom stereocenters. The van der Waals surface area contributed by atoms with Crippen molar-refractivity contribution in [3.8, 4) is 23.2 Å². The molecule has 1 aliphatic heterocycles. The zero-order valence-electron chi connectivity index (χ0n) is 22.5. The number of H-pyrrole nitrogens is 2. The summed E-state index contributed by atoms with van der Waals surface area (Å²) < 4.78 is 6.02. The molecule has 11 heteroatoms. The molecule has 208 valence electrons. The largest absolute Gasteiger partial charge is 0.496 e. The molecule has 40 heavy (non-hydrogen) atoms. The van der Waals surface area contributed by atoms with Gasteiger partial charge >= 0.3 is 0 Å². The Morgan fingerprint density at radius 1 is 1.23 bits per heavy atom. The van der Waals surface area contributed by atoms with E-state index < -0.39 is 6.10 Å². The highest BCUT2D eigenvalue weighted by molar-refractivity contribution is 9.10. The zero-order valence-corrected chi connectivity index (χ0v) is 24.1. The fourth-order valence-electron chi connectivity index (χ4n) is 5.09. The van der Waals surface area contributed by atoms with E-state index >= 15 is 0 Å². The maximum Gasteiger partial charge on any atom is 0.261 e. The van der Waals surface area contributed by atoms with Crippen molar-refractivity contribution in [1.29, 1.82) is 5.26 Å². The van der Waals surface area contributed by atoms with Gasteiger partial charge in [0.15, 0.2) is 0 Å². The number of piperazine rings is 1. The van der Waals surface area contributed by atoms with Crippen LogP contribution in [0.2, 0.25) is 0 Å². The Morgan fingerprint density at radius 3 is 2.75 bits per heavy atom. The lowest BCUT2D eigenvalue weighted by molar-refractivity contribution is 0.191. The van der Waals surface area contributed by atoms with Gasteiger partial charge in [-0.05, 0) is 64.3 Å². The van der Waals surface area contributed by atoms with Crippen LogP contribution in [-0.4, -0.2) is 71.3 Å². The van der Waals surface area contributed by atoms with Crippen LogP contribution < -0.4 is 20.5 Å². The maximum atomic E-state index is 13.0. The van der Waals surface area contributed by atoms with Crippen molar-refractivity contribution in [2.45, 2.75) is 19.4 Å². The average molecular weight is 607 g/mol. The normalized spacial score (nSPS) is 14.7. The van der Waals surface area contributed by atoms with Crippen LogP contribution in [0.15, 0.2) is 51.9 Å². The summed E-state index contributed by atoms with van der Waals surface area (Å²) >= 11 is 3.46. The number of methoxy groups -OCH3 is 1. The number of aromatic nitrogens is 3. The quantitative estimate of drug-likeness (QED) is 0.223. The predicted octanol–water partition coefficient (Wildman–Crippen LogP) is 4.18. The highest BCUT2D eigenvalue weighted by Crippen LogP contribution is 2.31. The lowest BCUT2D eigenvalue weighted by Crippen LogP contribution is -2.46. The fourth-order valence-corrected chi connectivity index (χ4v) is 5.64. The number of aliphatic hydroxyl groups excluding tert-OH is 1. The molecule has 0 aliphatic carbocycles. The van der Waals surface area contributed by atoms with E-state index in [9.17, 15) is 9.90 Å². The number of fused-ring (bicyclic) bond motifs is 1. The molecule has 1 saturated heterocycles. The number of nitrogens with one attached hydrogen (secondary N) is 3. The van der Waals surface area contributed by atoms with Crippen LogP contribution in [0.5, 0.6) is 5.75 Å². The summed E-state index contributed by atoms with van der Waals surface area (Å²) in [5, 5.41) is 22.9. The van der Waals surface area contributed by atoms with Crippen molar-refractivity contribution in [3.05, 3.63) is 68.5 Å². The van der Waals surface area contributed by atoms with Crippen molar-refractivity contribution in [2.24, 2.45) is 0 Å². The third kappa shape index (κ3) is 5.84. The fraction of sp³-hybridized carbons (Fsp3) is 0.345. The molecule has 1 aliphatic rings. The summed E-state index contributed by atoms with van der Waals surface area (Å²) in [5.74, 6) is 1.14. The van der Waals surface area contributed by atoms with Gasteiger partial charge in [-0.2, -0.15) is 5.26 Å². The number of benzene rings is 2. The Morgan fingerprint density at radius 2 is 2.02 bits per heavy atom. The topological polar surface area (TPSA) is 133 Å². The Bertz CT molecular complexity index is 1600. The Hall–Kier alpha value is -3.85. The summed E-state index contributed by atoms with van der Waals surface area (Å²) in [6, 6.07) is 13.6. The number of aromatic amines is 2. The van der Waals surface area contributed by atoms with Crippen LogP contribution in [0.4, 0.5) is 11.4 Å². The molecular weight excluding hydrogens is 574 g/mol. The van der Waals surface area contributed by atoms with Gasteiger partial charge in [0.2, 0.25) is 0 Å². The lowest BCUT2D eigenvalue weighted by Gasteiger charge is -2.35. The van der Waals surface area contributed by atoms with E-state index in [0.717, 1.165) is 59.5 Å². The standard InChI is InChI=1S/C29H32BrN7O3/c1-18-14-20(37-12-10-36(11-13-37)9-3-7-31)16-23-27(18)35-28(34-23)26-22(6-8-32-29(26)39)33-17-24(38)19-4-5-25(40-2)21(30)15-19/h4-6,8,14-16,24,38H,3,9-13,17H2,1-2H3,(H,34,35)(H2,32,33,39). The van der Waals surface area contributed by atoms with Crippen LogP contribution in [-0.2, 0) is 0 Å². The molecule has 4 N–H and O–H groups in total. The summed E-state index contributed by atoms with van der Waals surface area (Å²) in [7, 11) is 1.59. The summed E-state index contributed by atoms with van der Waals surface area (Å²) in [4.78, 5) is 28.6. The van der Waals surface area contributed by atoms with E-state index in [2.05, 4.69) is 59.2 Å². The molecule has 0 amide bonds. The molecule has 1 atom stereocenters. The van der Waals surface area contributed by atoms with Gasteiger partial charge in [0.05, 0.1) is 40.5 Å². The molecular formula is C29H32BrN7O3. The first-order valence-electron chi connectivity index (χ1n) is 13.2. The minimum atomic E-state index is -0.810. The molecule has 0 radical (unpaired) electrons. The number of rotatable bonds is 9. The number of hydrogen-bond donors (Lipinski definition) is 4. The van der Waals surface area contributed by atoms with Crippen molar-refractivity contribution in [1.82, 2.24) is 19.9 Å². The van der Waals surface area contributed by atoms with Crippen molar-refractivity contribution in [3.63, 3.8) is 0 Å². The number of ether oxygens (including phenoxy) is 1. The van der Waals surface area contributed by atoms with Gasteiger partial charge in [0.1, 0.15) is 17.1 Å². The molecule has 0 bridgehead atoms. The number of imidazole rings is 1. The van der Waals surface area contributed by atoms with Crippen molar-refractivity contribution < 1.29 is 9.84 Å². The summed E-state index contributed by atoms with van der Waals surface area (Å²) in [5.41, 5.74) is 5.17. The number of nitriles is 1. The second-order valence-corrected chi connectivity index (χ2v) is 10.7. The van der Waals surface area contributed by atoms with Gasteiger partial charge < -0.3 is 30.0 Å². The number of aliphatic hydroxyl groups is 1.